The van der Waals surface area contributed by atoms with E-state index in [9.17, 15) is 18.0 Å². The molecule has 0 saturated carbocycles. The second-order valence-electron chi connectivity index (χ2n) is 5.63. The molecule has 1 N–H and O–H groups in total. The van der Waals surface area contributed by atoms with Crippen molar-refractivity contribution in [2.24, 2.45) is 5.92 Å². The minimum absolute atomic E-state index is 0.250. The molecule has 4 nitrogen and oxygen atoms in total. The minimum Gasteiger partial charge on any atom is -0.316 e. The summed E-state index contributed by atoms with van der Waals surface area (Å²) in [5, 5.41) is 3.28. The van der Waals surface area contributed by atoms with Gasteiger partial charge in [-0.2, -0.15) is 13.2 Å². The van der Waals surface area contributed by atoms with Crippen LogP contribution in [0.1, 0.15) is 24.1 Å². The molecule has 2 aromatic heterocycles. The molecule has 1 aliphatic rings. The fourth-order valence-corrected chi connectivity index (χ4v) is 2.76. The average molecular weight is 311 g/mol. The minimum atomic E-state index is -4.47. The van der Waals surface area contributed by atoms with Crippen LogP contribution in [0.2, 0.25) is 0 Å². The first-order valence-corrected chi connectivity index (χ1v) is 7.24. The largest absolute Gasteiger partial charge is 0.417 e. The van der Waals surface area contributed by atoms with Crippen LogP contribution in [0.5, 0.6) is 0 Å². The number of hydrogen-bond acceptors (Lipinski definition) is 3. The highest BCUT2D eigenvalue weighted by atomic mass is 19.4. The molecule has 118 valence electrons. The van der Waals surface area contributed by atoms with Crippen molar-refractivity contribution >= 4 is 5.65 Å². The number of nitrogens with one attached hydrogen (secondary N) is 1. The van der Waals surface area contributed by atoms with E-state index in [4.69, 9.17) is 0 Å². The molecule has 3 heterocycles. The first-order chi connectivity index (χ1) is 10.4. The van der Waals surface area contributed by atoms with E-state index in [1.54, 1.807) is 0 Å². The van der Waals surface area contributed by atoms with Gasteiger partial charge in [-0.1, -0.05) is 0 Å². The monoisotopic (exact) mass is 311 g/mol. The third-order valence-corrected chi connectivity index (χ3v) is 4.01. The Balaban J connectivity index is 1.87. The van der Waals surface area contributed by atoms with E-state index in [1.165, 1.54) is 12.1 Å². The Kier molecular flexibility index (Phi) is 3.90. The lowest BCUT2D eigenvalue weighted by molar-refractivity contribution is -0.137. The lowest BCUT2D eigenvalue weighted by Gasteiger charge is -2.10. The lowest BCUT2D eigenvalue weighted by atomic mass is 10.0. The van der Waals surface area contributed by atoms with Gasteiger partial charge in [0.15, 0.2) is 0 Å². The topological polar surface area (TPSA) is 46.4 Å². The Morgan fingerprint density at radius 1 is 1.36 bits per heavy atom. The van der Waals surface area contributed by atoms with Crippen LogP contribution < -0.4 is 10.9 Å². The first kappa shape index (κ1) is 15.0. The summed E-state index contributed by atoms with van der Waals surface area (Å²) in [6.07, 6.45) is -0.964. The van der Waals surface area contributed by atoms with Crippen LogP contribution >= 0.6 is 0 Å². The molecule has 1 atom stereocenters. The Hall–Kier alpha value is -1.89. The number of hydrogen-bond donors (Lipinski definition) is 1. The summed E-state index contributed by atoms with van der Waals surface area (Å²) in [6, 6.07) is 3.52. The first-order valence-electron chi connectivity index (χ1n) is 7.24. The molecule has 7 heteroatoms. The smallest absolute Gasteiger partial charge is 0.316 e. The Morgan fingerprint density at radius 3 is 2.86 bits per heavy atom. The average Bonchev–Trinajstić information content (AvgIpc) is 2.97. The van der Waals surface area contributed by atoms with Crippen LogP contribution in [0.4, 0.5) is 13.2 Å². The molecule has 0 radical (unpaired) electrons. The molecule has 1 unspecified atom stereocenters. The highest BCUT2D eigenvalue weighted by molar-refractivity contribution is 5.40. The molecule has 0 aromatic carbocycles. The standard InChI is InChI=1S/C15H16F3N3O/c16-15(17,18)11-2-4-13-20-12(7-14(22)21(13)9-11)3-1-10-5-6-19-8-10/h2,4,7,9-10,19H,1,3,5-6,8H2. The predicted octanol–water partition coefficient (Wildman–Crippen LogP) is 2.26. The zero-order valence-corrected chi connectivity index (χ0v) is 11.9. The van der Waals surface area contributed by atoms with Crippen molar-refractivity contribution in [3.05, 3.63) is 46.0 Å². The maximum Gasteiger partial charge on any atom is 0.417 e. The molecule has 3 rings (SSSR count). The van der Waals surface area contributed by atoms with Crippen LogP contribution in [0.3, 0.4) is 0 Å². The normalized spacial score (nSPS) is 19.0. The van der Waals surface area contributed by atoms with Gasteiger partial charge in [-0.3, -0.25) is 9.20 Å². The quantitative estimate of drug-likeness (QED) is 0.946. The van der Waals surface area contributed by atoms with Crippen molar-refractivity contribution in [3.8, 4) is 0 Å². The van der Waals surface area contributed by atoms with Gasteiger partial charge < -0.3 is 5.32 Å². The summed E-state index contributed by atoms with van der Waals surface area (Å²) in [5.41, 5.74) is -0.443. The van der Waals surface area contributed by atoms with Gasteiger partial charge in [0, 0.05) is 18.0 Å². The predicted molar refractivity (Wildman–Crippen MR) is 75.8 cm³/mol. The SMILES string of the molecule is O=c1cc(CCC2CCNC2)nc2ccc(C(F)(F)F)cn12. The molecular formula is C15H16F3N3O. The number of pyridine rings is 1. The summed E-state index contributed by atoms with van der Waals surface area (Å²) in [4.78, 5) is 16.3. The molecule has 0 aliphatic carbocycles. The van der Waals surface area contributed by atoms with E-state index < -0.39 is 17.3 Å². The van der Waals surface area contributed by atoms with Crippen molar-refractivity contribution in [3.63, 3.8) is 0 Å². The van der Waals surface area contributed by atoms with Gasteiger partial charge in [-0.25, -0.2) is 4.98 Å². The maximum atomic E-state index is 12.7. The highest BCUT2D eigenvalue weighted by Crippen LogP contribution is 2.28. The zero-order valence-electron chi connectivity index (χ0n) is 11.9. The van der Waals surface area contributed by atoms with E-state index in [1.807, 2.05) is 0 Å². The van der Waals surface area contributed by atoms with E-state index in [2.05, 4.69) is 10.3 Å². The number of rotatable bonds is 3. The molecule has 0 amide bonds. The third-order valence-electron chi connectivity index (χ3n) is 4.01. The molecule has 22 heavy (non-hydrogen) atoms. The number of nitrogens with zero attached hydrogens (tertiary/aromatic N) is 2. The van der Waals surface area contributed by atoms with E-state index >= 15 is 0 Å². The second-order valence-corrected chi connectivity index (χ2v) is 5.63. The van der Waals surface area contributed by atoms with Gasteiger partial charge in [0.05, 0.1) is 5.56 Å². The number of alkyl halides is 3. The van der Waals surface area contributed by atoms with E-state index in [0.717, 1.165) is 42.6 Å². The molecule has 0 bridgehead atoms. The maximum absolute atomic E-state index is 12.7. The Morgan fingerprint density at radius 2 is 2.18 bits per heavy atom. The Labute approximate surface area is 125 Å². The Bertz CT molecular complexity index is 733. The van der Waals surface area contributed by atoms with Crippen LogP contribution in [0.15, 0.2) is 29.2 Å². The van der Waals surface area contributed by atoms with Crippen molar-refractivity contribution in [1.29, 1.82) is 0 Å². The van der Waals surface area contributed by atoms with E-state index in [-0.39, 0.29) is 5.65 Å². The number of aromatic nitrogens is 2. The molecule has 1 saturated heterocycles. The summed E-state index contributed by atoms with van der Waals surface area (Å²) in [7, 11) is 0. The van der Waals surface area contributed by atoms with E-state index in [0.29, 0.717) is 18.0 Å². The lowest BCUT2D eigenvalue weighted by Crippen LogP contribution is -2.18. The van der Waals surface area contributed by atoms with Gasteiger partial charge >= 0.3 is 6.18 Å². The van der Waals surface area contributed by atoms with Crippen LogP contribution in [0.25, 0.3) is 5.65 Å². The van der Waals surface area contributed by atoms with Crippen LogP contribution in [-0.4, -0.2) is 22.5 Å². The third kappa shape index (κ3) is 3.14. The summed E-state index contributed by atoms with van der Waals surface area (Å²) >= 11 is 0. The fourth-order valence-electron chi connectivity index (χ4n) is 2.76. The molecule has 1 fully saturated rings. The van der Waals surface area contributed by atoms with Crippen molar-refractivity contribution in [2.75, 3.05) is 13.1 Å². The van der Waals surface area contributed by atoms with Crippen LogP contribution in [0, 0.1) is 5.92 Å². The van der Waals surface area contributed by atoms with Crippen LogP contribution in [-0.2, 0) is 12.6 Å². The van der Waals surface area contributed by atoms with Gasteiger partial charge in [-0.15, -0.1) is 0 Å². The van der Waals surface area contributed by atoms with Crippen molar-refractivity contribution < 1.29 is 13.2 Å². The summed E-state index contributed by atoms with van der Waals surface area (Å²) in [5.74, 6) is 0.577. The molecule has 1 aliphatic heterocycles. The van der Waals surface area contributed by atoms with Gasteiger partial charge in [0.25, 0.3) is 5.56 Å². The fraction of sp³-hybridized carbons (Fsp3) is 0.467. The van der Waals surface area contributed by atoms with Gasteiger partial charge in [0.2, 0.25) is 0 Å². The number of fused-ring (bicyclic) bond motifs is 1. The molecular weight excluding hydrogens is 295 g/mol. The summed E-state index contributed by atoms with van der Waals surface area (Å²) < 4.78 is 39.0. The summed E-state index contributed by atoms with van der Waals surface area (Å²) in [6.45, 7) is 1.99. The zero-order chi connectivity index (χ0) is 15.7. The second kappa shape index (κ2) is 5.72. The van der Waals surface area contributed by atoms with Gasteiger partial charge in [-0.05, 0) is 50.4 Å². The molecule has 2 aromatic rings. The number of halogens is 3. The van der Waals surface area contributed by atoms with Crippen molar-refractivity contribution in [1.82, 2.24) is 14.7 Å². The number of aryl methyl sites for hydroxylation is 1. The van der Waals surface area contributed by atoms with Gasteiger partial charge in [0.1, 0.15) is 5.65 Å². The van der Waals surface area contributed by atoms with Crippen molar-refractivity contribution in [2.45, 2.75) is 25.4 Å². The highest BCUT2D eigenvalue weighted by Gasteiger charge is 2.31. The molecule has 0 spiro atoms.